The van der Waals surface area contributed by atoms with E-state index in [4.69, 9.17) is 0 Å². The summed E-state index contributed by atoms with van der Waals surface area (Å²) in [4.78, 5) is 44.7. The zero-order chi connectivity index (χ0) is 18.1. The zero-order valence-electron chi connectivity index (χ0n) is 14.4. The van der Waals surface area contributed by atoms with Crippen molar-refractivity contribution in [3.05, 3.63) is 59.4 Å². The molecule has 2 aromatic rings. The molecule has 0 atom stereocenters. The highest BCUT2D eigenvalue weighted by molar-refractivity contribution is 6.21. The van der Waals surface area contributed by atoms with Crippen LogP contribution < -0.4 is 4.90 Å². The summed E-state index contributed by atoms with van der Waals surface area (Å²) in [6, 6.07) is 10.6. The van der Waals surface area contributed by atoms with E-state index in [1.807, 2.05) is 12.1 Å². The van der Waals surface area contributed by atoms with Gasteiger partial charge in [-0.15, -0.1) is 0 Å². The molecule has 0 radical (unpaired) electrons. The average Bonchev–Trinajstić information content (AvgIpc) is 2.92. The SMILES string of the molecule is O=C1c2ccccc2C(=O)N1CCCC(=O)N1CCCc2ncccc21. The van der Waals surface area contributed by atoms with Gasteiger partial charge in [0.1, 0.15) is 0 Å². The molecule has 6 nitrogen and oxygen atoms in total. The lowest BCUT2D eigenvalue weighted by Crippen LogP contribution is -2.37. The number of anilines is 1. The third kappa shape index (κ3) is 2.77. The number of hydrogen-bond donors (Lipinski definition) is 0. The van der Waals surface area contributed by atoms with Gasteiger partial charge >= 0.3 is 0 Å². The van der Waals surface area contributed by atoms with E-state index < -0.39 is 0 Å². The molecule has 26 heavy (non-hydrogen) atoms. The first kappa shape index (κ1) is 16.4. The van der Waals surface area contributed by atoms with Crippen LogP contribution in [0.15, 0.2) is 42.6 Å². The molecule has 0 saturated carbocycles. The molecule has 3 heterocycles. The van der Waals surface area contributed by atoms with Crippen LogP contribution in [-0.4, -0.2) is 40.7 Å². The molecule has 0 N–H and O–H groups in total. The van der Waals surface area contributed by atoms with Gasteiger partial charge in [0.05, 0.1) is 22.5 Å². The van der Waals surface area contributed by atoms with Gasteiger partial charge in [0.15, 0.2) is 0 Å². The summed E-state index contributed by atoms with van der Waals surface area (Å²) in [7, 11) is 0. The minimum absolute atomic E-state index is 0.00978. The number of amides is 3. The molecule has 6 heteroatoms. The van der Waals surface area contributed by atoms with E-state index in [2.05, 4.69) is 4.98 Å². The van der Waals surface area contributed by atoms with Gasteiger partial charge in [-0.05, 0) is 43.5 Å². The van der Waals surface area contributed by atoms with Crippen LogP contribution in [0.5, 0.6) is 0 Å². The Kier molecular flexibility index (Phi) is 4.24. The number of carbonyl (C=O) groups is 3. The van der Waals surface area contributed by atoms with E-state index in [-0.39, 0.29) is 24.3 Å². The van der Waals surface area contributed by atoms with Gasteiger partial charge in [-0.2, -0.15) is 0 Å². The van der Waals surface area contributed by atoms with E-state index in [9.17, 15) is 14.4 Å². The average molecular weight is 349 g/mol. The van der Waals surface area contributed by atoms with Crippen molar-refractivity contribution in [1.29, 1.82) is 0 Å². The summed E-state index contributed by atoms with van der Waals surface area (Å²) in [5.41, 5.74) is 2.72. The smallest absolute Gasteiger partial charge is 0.261 e. The monoisotopic (exact) mass is 349 g/mol. The predicted octanol–water partition coefficient (Wildman–Crippen LogP) is 2.44. The Bertz CT molecular complexity index is 858. The van der Waals surface area contributed by atoms with E-state index >= 15 is 0 Å². The summed E-state index contributed by atoms with van der Waals surface area (Å²) in [6.07, 6.45) is 4.27. The number of hydrogen-bond acceptors (Lipinski definition) is 4. The number of aryl methyl sites for hydroxylation is 1. The first-order chi connectivity index (χ1) is 12.7. The first-order valence-corrected chi connectivity index (χ1v) is 8.86. The molecule has 0 aliphatic carbocycles. The van der Waals surface area contributed by atoms with Crippen LogP contribution in [0, 0.1) is 0 Å². The molecule has 1 aromatic heterocycles. The molecule has 2 aliphatic rings. The molecule has 0 saturated heterocycles. The first-order valence-electron chi connectivity index (χ1n) is 8.86. The Balaban J connectivity index is 1.38. The highest BCUT2D eigenvalue weighted by Gasteiger charge is 2.34. The third-order valence-corrected chi connectivity index (χ3v) is 4.90. The van der Waals surface area contributed by atoms with Crippen LogP contribution in [0.25, 0.3) is 0 Å². The molecular formula is C20H19N3O3. The van der Waals surface area contributed by atoms with E-state index in [1.165, 1.54) is 4.90 Å². The van der Waals surface area contributed by atoms with Crippen molar-refractivity contribution in [1.82, 2.24) is 9.88 Å². The third-order valence-electron chi connectivity index (χ3n) is 4.90. The quantitative estimate of drug-likeness (QED) is 0.795. The molecule has 0 unspecified atom stereocenters. The Morgan fingerprint density at radius 2 is 1.77 bits per heavy atom. The van der Waals surface area contributed by atoms with Crippen molar-refractivity contribution in [3.63, 3.8) is 0 Å². The van der Waals surface area contributed by atoms with Crippen molar-refractivity contribution >= 4 is 23.4 Å². The molecule has 2 aliphatic heterocycles. The fourth-order valence-electron chi connectivity index (χ4n) is 3.62. The zero-order valence-corrected chi connectivity index (χ0v) is 14.4. The lowest BCUT2D eigenvalue weighted by atomic mass is 10.1. The maximum atomic E-state index is 12.6. The van der Waals surface area contributed by atoms with Gasteiger partial charge < -0.3 is 4.90 Å². The number of aromatic nitrogens is 1. The second-order valence-corrected chi connectivity index (χ2v) is 6.53. The Morgan fingerprint density at radius 3 is 2.50 bits per heavy atom. The maximum Gasteiger partial charge on any atom is 0.261 e. The number of rotatable bonds is 4. The van der Waals surface area contributed by atoms with Crippen molar-refractivity contribution in [2.45, 2.75) is 25.7 Å². The van der Waals surface area contributed by atoms with Gasteiger partial charge in [-0.3, -0.25) is 24.3 Å². The van der Waals surface area contributed by atoms with Gasteiger partial charge in [-0.1, -0.05) is 12.1 Å². The number of fused-ring (bicyclic) bond motifs is 2. The van der Waals surface area contributed by atoms with Crippen molar-refractivity contribution in [3.8, 4) is 0 Å². The van der Waals surface area contributed by atoms with Crippen LogP contribution >= 0.6 is 0 Å². The predicted molar refractivity (Wildman–Crippen MR) is 96.0 cm³/mol. The summed E-state index contributed by atoms with van der Waals surface area (Å²) in [5, 5.41) is 0. The largest absolute Gasteiger partial charge is 0.311 e. The Labute approximate surface area is 151 Å². The minimum Gasteiger partial charge on any atom is -0.311 e. The van der Waals surface area contributed by atoms with Gasteiger partial charge in [0, 0.05) is 25.7 Å². The number of carbonyl (C=O) groups excluding carboxylic acids is 3. The molecule has 0 fully saturated rings. The van der Waals surface area contributed by atoms with E-state index in [1.54, 1.807) is 35.4 Å². The van der Waals surface area contributed by atoms with Crippen LogP contribution in [0.1, 0.15) is 45.7 Å². The summed E-state index contributed by atoms with van der Waals surface area (Å²) in [5.74, 6) is -0.535. The lowest BCUT2D eigenvalue weighted by molar-refractivity contribution is -0.118. The number of imide groups is 1. The molecule has 132 valence electrons. The second-order valence-electron chi connectivity index (χ2n) is 6.53. The normalized spacial score (nSPS) is 15.8. The van der Waals surface area contributed by atoms with Crippen LogP contribution in [-0.2, 0) is 11.2 Å². The standard InChI is InChI=1S/C20H19N3O3/c24-18(22-12-4-8-16-17(22)9-3-11-21-16)10-5-13-23-19(25)14-6-1-2-7-15(14)20(23)26/h1-3,6-7,9,11H,4-5,8,10,12-13H2. The molecule has 0 bridgehead atoms. The molecule has 3 amide bonds. The van der Waals surface area contributed by atoms with E-state index in [0.29, 0.717) is 30.5 Å². The van der Waals surface area contributed by atoms with Crippen LogP contribution in [0.4, 0.5) is 5.69 Å². The van der Waals surface area contributed by atoms with Crippen molar-refractivity contribution in [2.75, 3.05) is 18.0 Å². The minimum atomic E-state index is -0.273. The molecule has 0 spiro atoms. The van der Waals surface area contributed by atoms with Crippen molar-refractivity contribution in [2.24, 2.45) is 0 Å². The Morgan fingerprint density at radius 1 is 1.04 bits per heavy atom. The lowest BCUT2D eigenvalue weighted by Gasteiger charge is -2.28. The fraction of sp³-hybridized carbons (Fsp3) is 0.300. The summed E-state index contributed by atoms with van der Waals surface area (Å²) < 4.78 is 0. The summed E-state index contributed by atoms with van der Waals surface area (Å²) >= 11 is 0. The fourth-order valence-corrected chi connectivity index (χ4v) is 3.62. The van der Waals surface area contributed by atoms with Gasteiger partial charge in [0.25, 0.3) is 11.8 Å². The van der Waals surface area contributed by atoms with Gasteiger partial charge in [0.2, 0.25) is 5.91 Å². The van der Waals surface area contributed by atoms with Crippen LogP contribution in [0.2, 0.25) is 0 Å². The number of pyridine rings is 1. The molecular weight excluding hydrogens is 330 g/mol. The van der Waals surface area contributed by atoms with Crippen molar-refractivity contribution < 1.29 is 14.4 Å². The topological polar surface area (TPSA) is 70.6 Å². The highest BCUT2D eigenvalue weighted by Crippen LogP contribution is 2.26. The van der Waals surface area contributed by atoms with E-state index in [0.717, 1.165) is 24.2 Å². The number of benzene rings is 1. The molecule has 1 aromatic carbocycles. The maximum absolute atomic E-state index is 12.6. The van der Waals surface area contributed by atoms with Gasteiger partial charge in [-0.25, -0.2) is 0 Å². The number of nitrogens with zero attached hydrogens (tertiary/aromatic N) is 3. The van der Waals surface area contributed by atoms with Crippen LogP contribution in [0.3, 0.4) is 0 Å². The summed E-state index contributed by atoms with van der Waals surface area (Å²) in [6.45, 7) is 0.941. The highest BCUT2D eigenvalue weighted by atomic mass is 16.2. The Hall–Kier alpha value is -3.02. The molecule has 4 rings (SSSR count). The second kappa shape index (κ2) is 6.71.